The summed E-state index contributed by atoms with van der Waals surface area (Å²) in [6.45, 7) is 2.10. The van der Waals surface area contributed by atoms with Gasteiger partial charge in [0.2, 0.25) is 0 Å². The summed E-state index contributed by atoms with van der Waals surface area (Å²) in [5, 5.41) is 12.5. The van der Waals surface area contributed by atoms with Crippen molar-refractivity contribution >= 4 is 0 Å². The van der Waals surface area contributed by atoms with E-state index in [0.29, 0.717) is 6.42 Å². The topological polar surface area (TPSA) is 48.7 Å². The average molecular weight is 251 g/mol. The highest BCUT2D eigenvalue weighted by Gasteiger charge is 2.14. The molecule has 96 valence electrons. The predicted molar refractivity (Wildman–Crippen MR) is 75.2 cm³/mol. The average Bonchev–Trinajstić information content (AvgIpc) is 2.48. The number of hydrogen-bond acceptors (Lipinski definition) is 3. The Balaban J connectivity index is 2.12. The lowest BCUT2D eigenvalue weighted by molar-refractivity contribution is 0.472. The van der Waals surface area contributed by atoms with Gasteiger partial charge in [0.05, 0.1) is 12.5 Å². The summed E-state index contributed by atoms with van der Waals surface area (Å²) < 4.78 is 0. The highest BCUT2D eigenvalue weighted by molar-refractivity contribution is 5.21. The van der Waals surface area contributed by atoms with E-state index in [2.05, 4.69) is 23.3 Å². The maximum Gasteiger partial charge on any atom is 0.0641 e. The molecule has 1 N–H and O–H groups in total. The van der Waals surface area contributed by atoms with Crippen molar-refractivity contribution in [3.63, 3.8) is 0 Å². The molecule has 0 fully saturated rings. The molecule has 2 aromatic rings. The molecule has 0 aliphatic rings. The van der Waals surface area contributed by atoms with Gasteiger partial charge >= 0.3 is 0 Å². The fourth-order valence-electron chi connectivity index (χ4n) is 2.10. The molecule has 0 saturated heterocycles. The molecule has 0 amide bonds. The summed E-state index contributed by atoms with van der Waals surface area (Å²) in [6.07, 6.45) is 4.03. The largest absolute Gasteiger partial charge is 0.302 e. The van der Waals surface area contributed by atoms with Crippen molar-refractivity contribution in [1.29, 1.82) is 5.26 Å². The van der Waals surface area contributed by atoms with Crippen LogP contribution >= 0.6 is 0 Å². The second-order valence-electron chi connectivity index (χ2n) is 4.49. The molecular weight excluding hydrogens is 234 g/mol. The summed E-state index contributed by atoms with van der Waals surface area (Å²) >= 11 is 0. The Morgan fingerprint density at radius 2 is 1.79 bits per heavy atom. The molecule has 0 radical (unpaired) electrons. The van der Waals surface area contributed by atoms with Gasteiger partial charge in [0.15, 0.2) is 0 Å². The molecule has 0 bridgehead atoms. The van der Waals surface area contributed by atoms with Gasteiger partial charge in [-0.05, 0) is 30.2 Å². The molecule has 2 atom stereocenters. The van der Waals surface area contributed by atoms with Crippen molar-refractivity contribution in [2.75, 3.05) is 0 Å². The van der Waals surface area contributed by atoms with E-state index in [4.69, 9.17) is 5.26 Å². The standard InChI is InChI=1S/C16H17N3/c1-13(14-8-11-18-12-9-14)19-16(7-10-17)15-5-3-2-4-6-15/h2-6,8-9,11-13,16,19H,7H2,1H3/t13-,16?/m0/s1. The van der Waals surface area contributed by atoms with E-state index in [9.17, 15) is 0 Å². The van der Waals surface area contributed by atoms with Crippen LogP contribution in [0.15, 0.2) is 54.9 Å². The van der Waals surface area contributed by atoms with E-state index in [-0.39, 0.29) is 12.1 Å². The van der Waals surface area contributed by atoms with Gasteiger partial charge in [-0.25, -0.2) is 0 Å². The summed E-state index contributed by atoms with van der Waals surface area (Å²) in [5.74, 6) is 0. The molecule has 19 heavy (non-hydrogen) atoms. The van der Waals surface area contributed by atoms with Gasteiger partial charge in [-0.3, -0.25) is 4.98 Å². The molecular formula is C16H17N3. The van der Waals surface area contributed by atoms with Crippen LogP contribution in [0.25, 0.3) is 0 Å². The highest BCUT2D eigenvalue weighted by atomic mass is 14.9. The molecule has 1 aromatic carbocycles. The zero-order valence-electron chi connectivity index (χ0n) is 11.0. The van der Waals surface area contributed by atoms with E-state index in [0.717, 1.165) is 5.56 Å². The first kappa shape index (κ1) is 13.3. The lowest BCUT2D eigenvalue weighted by atomic mass is 10.0. The second kappa shape index (κ2) is 6.67. The van der Waals surface area contributed by atoms with Crippen LogP contribution in [0.4, 0.5) is 0 Å². The summed E-state index contributed by atoms with van der Waals surface area (Å²) in [6, 6.07) is 16.5. The number of nitrogens with zero attached hydrogens (tertiary/aromatic N) is 2. The number of pyridine rings is 1. The fraction of sp³-hybridized carbons (Fsp3) is 0.250. The smallest absolute Gasteiger partial charge is 0.0641 e. The van der Waals surface area contributed by atoms with Gasteiger partial charge in [-0.1, -0.05) is 30.3 Å². The molecule has 0 saturated carbocycles. The Morgan fingerprint density at radius 1 is 1.11 bits per heavy atom. The van der Waals surface area contributed by atoms with Crippen molar-refractivity contribution in [3.05, 3.63) is 66.0 Å². The van der Waals surface area contributed by atoms with Gasteiger partial charge in [-0.2, -0.15) is 5.26 Å². The molecule has 0 aliphatic carbocycles. The number of hydrogen-bond donors (Lipinski definition) is 1. The van der Waals surface area contributed by atoms with Crippen LogP contribution in [0, 0.1) is 11.3 Å². The Morgan fingerprint density at radius 3 is 2.42 bits per heavy atom. The summed E-state index contributed by atoms with van der Waals surface area (Å²) in [5.41, 5.74) is 2.32. The highest BCUT2D eigenvalue weighted by Crippen LogP contribution is 2.21. The summed E-state index contributed by atoms with van der Waals surface area (Å²) in [4.78, 5) is 4.02. The van der Waals surface area contributed by atoms with Crippen molar-refractivity contribution in [1.82, 2.24) is 10.3 Å². The Hall–Kier alpha value is -2.18. The number of nitriles is 1. The van der Waals surface area contributed by atoms with Gasteiger partial charge in [0, 0.05) is 24.5 Å². The van der Waals surface area contributed by atoms with Crippen LogP contribution in [-0.2, 0) is 0 Å². The molecule has 1 heterocycles. The number of aromatic nitrogens is 1. The minimum absolute atomic E-state index is 0.0503. The van der Waals surface area contributed by atoms with Gasteiger partial charge in [-0.15, -0.1) is 0 Å². The Kier molecular flexibility index (Phi) is 4.66. The predicted octanol–water partition coefficient (Wildman–Crippen LogP) is 3.39. The minimum atomic E-state index is 0.0503. The van der Waals surface area contributed by atoms with Crippen LogP contribution in [0.1, 0.15) is 36.6 Å². The lowest BCUT2D eigenvalue weighted by Gasteiger charge is -2.22. The number of rotatable bonds is 5. The van der Waals surface area contributed by atoms with Gasteiger partial charge < -0.3 is 5.32 Å². The molecule has 0 spiro atoms. The third-order valence-electron chi connectivity index (χ3n) is 3.15. The van der Waals surface area contributed by atoms with Gasteiger partial charge in [0.1, 0.15) is 0 Å². The minimum Gasteiger partial charge on any atom is -0.302 e. The lowest BCUT2D eigenvalue weighted by Crippen LogP contribution is -2.24. The van der Waals surface area contributed by atoms with Crippen molar-refractivity contribution in [2.24, 2.45) is 0 Å². The van der Waals surface area contributed by atoms with Crippen LogP contribution in [-0.4, -0.2) is 4.98 Å². The first-order valence-electron chi connectivity index (χ1n) is 6.39. The zero-order chi connectivity index (χ0) is 13.5. The maximum atomic E-state index is 8.98. The first-order chi connectivity index (χ1) is 9.31. The Labute approximate surface area is 113 Å². The Bertz CT molecular complexity index is 531. The second-order valence-corrected chi connectivity index (χ2v) is 4.49. The quantitative estimate of drug-likeness (QED) is 0.886. The molecule has 3 nitrogen and oxygen atoms in total. The normalized spacial score (nSPS) is 13.5. The monoisotopic (exact) mass is 251 g/mol. The van der Waals surface area contributed by atoms with Crippen LogP contribution in [0.5, 0.6) is 0 Å². The number of benzene rings is 1. The molecule has 0 aliphatic heterocycles. The van der Waals surface area contributed by atoms with E-state index in [1.807, 2.05) is 42.5 Å². The maximum absolute atomic E-state index is 8.98. The third kappa shape index (κ3) is 3.64. The molecule has 3 heteroatoms. The van der Waals surface area contributed by atoms with Crippen LogP contribution in [0.3, 0.4) is 0 Å². The van der Waals surface area contributed by atoms with Crippen LogP contribution < -0.4 is 5.32 Å². The first-order valence-corrected chi connectivity index (χ1v) is 6.39. The third-order valence-corrected chi connectivity index (χ3v) is 3.15. The molecule has 2 rings (SSSR count). The van der Waals surface area contributed by atoms with E-state index < -0.39 is 0 Å². The van der Waals surface area contributed by atoms with Crippen molar-refractivity contribution in [2.45, 2.75) is 25.4 Å². The van der Waals surface area contributed by atoms with Crippen LogP contribution in [0.2, 0.25) is 0 Å². The van der Waals surface area contributed by atoms with Crippen molar-refractivity contribution < 1.29 is 0 Å². The fourth-order valence-corrected chi connectivity index (χ4v) is 2.10. The van der Waals surface area contributed by atoms with E-state index >= 15 is 0 Å². The molecule has 1 unspecified atom stereocenters. The zero-order valence-corrected chi connectivity index (χ0v) is 11.0. The van der Waals surface area contributed by atoms with E-state index in [1.54, 1.807) is 12.4 Å². The SMILES string of the molecule is C[C@H](NC(CC#N)c1ccccc1)c1ccncc1. The van der Waals surface area contributed by atoms with E-state index in [1.165, 1.54) is 5.56 Å². The summed E-state index contributed by atoms with van der Waals surface area (Å²) in [7, 11) is 0. The molecule has 1 aromatic heterocycles. The van der Waals surface area contributed by atoms with Crippen molar-refractivity contribution in [3.8, 4) is 6.07 Å². The van der Waals surface area contributed by atoms with Gasteiger partial charge in [0.25, 0.3) is 0 Å². The number of nitrogens with one attached hydrogen (secondary N) is 1.